The third-order valence-corrected chi connectivity index (χ3v) is 4.99. The van der Waals surface area contributed by atoms with E-state index in [4.69, 9.17) is 5.73 Å². The monoisotopic (exact) mass is 473 g/mol. The Bertz CT molecular complexity index is 1200. The number of rotatable bonds is 7. The summed E-state index contributed by atoms with van der Waals surface area (Å²) in [7, 11) is 0. The third-order valence-electron chi connectivity index (χ3n) is 4.99. The van der Waals surface area contributed by atoms with E-state index in [1.165, 1.54) is 50.2 Å². The Labute approximate surface area is 192 Å². The first-order valence-electron chi connectivity index (χ1n) is 10.1. The molecular weight excluding hydrogens is 451 g/mol. The van der Waals surface area contributed by atoms with E-state index in [2.05, 4.69) is 15.7 Å². The first-order valence-corrected chi connectivity index (χ1v) is 10.1. The van der Waals surface area contributed by atoms with Gasteiger partial charge in [-0.25, -0.2) is 4.68 Å². The average molecular weight is 473 g/mol. The maximum absolute atomic E-state index is 13.7. The van der Waals surface area contributed by atoms with Crippen molar-refractivity contribution >= 4 is 17.7 Å². The molecular formula is C23H22F3N5O3. The number of halogens is 3. The molecule has 34 heavy (non-hydrogen) atoms. The minimum atomic E-state index is -4.81. The molecule has 0 aliphatic heterocycles. The lowest BCUT2D eigenvalue weighted by Crippen LogP contribution is -2.53. The van der Waals surface area contributed by atoms with Crippen LogP contribution in [-0.2, 0) is 17.5 Å². The van der Waals surface area contributed by atoms with Crippen LogP contribution >= 0.6 is 0 Å². The number of carbonyl (C=O) groups excluding carboxylic acids is 3. The maximum atomic E-state index is 13.7. The first-order chi connectivity index (χ1) is 15.9. The van der Waals surface area contributed by atoms with Crippen LogP contribution in [0, 0.1) is 0 Å². The van der Waals surface area contributed by atoms with Crippen LogP contribution in [0.4, 0.5) is 13.2 Å². The summed E-state index contributed by atoms with van der Waals surface area (Å²) < 4.78 is 41.9. The molecule has 0 bridgehead atoms. The van der Waals surface area contributed by atoms with Crippen molar-refractivity contribution in [1.82, 2.24) is 20.4 Å². The molecule has 0 aliphatic rings. The van der Waals surface area contributed by atoms with Crippen molar-refractivity contribution in [3.63, 3.8) is 0 Å². The molecule has 1 aromatic heterocycles. The molecule has 0 aliphatic carbocycles. The van der Waals surface area contributed by atoms with Gasteiger partial charge in [0.2, 0.25) is 5.91 Å². The fourth-order valence-corrected chi connectivity index (χ4v) is 3.02. The van der Waals surface area contributed by atoms with Crippen LogP contribution in [0.5, 0.6) is 0 Å². The molecule has 0 radical (unpaired) electrons. The summed E-state index contributed by atoms with van der Waals surface area (Å²) in [6, 6.07) is 13.7. The zero-order valence-electron chi connectivity index (χ0n) is 18.3. The lowest BCUT2D eigenvalue weighted by atomic mass is 10.0. The topological polar surface area (TPSA) is 119 Å². The highest BCUT2D eigenvalue weighted by atomic mass is 19.4. The van der Waals surface area contributed by atoms with Gasteiger partial charge in [0, 0.05) is 12.1 Å². The van der Waals surface area contributed by atoms with Gasteiger partial charge in [0.15, 0.2) is 5.69 Å². The van der Waals surface area contributed by atoms with Crippen molar-refractivity contribution < 1.29 is 27.6 Å². The van der Waals surface area contributed by atoms with E-state index >= 15 is 0 Å². The zero-order valence-corrected chi connectivity index (χ0v) is 18.3. The Hall–Kier alpha value is -4.15. The molecule has 11 heteroatoms. The lowest BCUT2D eigenvalue weighted by Gasteiger charge is -2.22. The molecule has 0 spiro atoms. The van der Waals surface area contributed by atoms with E-state index in [1.807, 2.05) is 0 Å². The fraction of sp³-hybridized carbons (Fsp3) is 0.217. The quantitative estimate of drug-likeness (QED) is 0.489. The number of nitrogens with zero attached hydrogens (tertiary/aromatic N) is 2. The molecule has 3 rings (SSSR count). The number of aromatic nitrogens is 2. The summed E-state index contributed by atoms with van der Waals surface area (Å²) >= 11 is 0. The first kappa shape index (κ1) is 24.5. The highest BCUT2D eigenvalue weighted by Crippen LogP contribution is 2.33. The zero-order chi connectivity index (χ0) is 25.1. The Morgan fingerprint density at radius 3 is 2.15 bits per heavy atom. The van der Waals surface area contributed by atoms with Crippen molar-refractivity contribution in [2.45, 2.75) is 32.1 Å². The van der Waals surface area contributed by atoms with Crippen LogP contribution in [0.2, 0.25) is 0 Å². The average Bonchev–Trinajstić information content (AvgIpc) is 3.24. The van der Waals surface area contributed by atoms with Gasteiger partial charge in [-0.1, -0.05) is 30.3 Å². The Kier molecular flexibility index (Phi) is 6.75. The summed E-state index contributed by atoms with van der Waals surface area (Å²) in [5, 5.41) is 8.70. The number of amides is 3. The molecule has 0 unspecified atom stereocenters. The van der Waals surface area contributed by atoms with Crippen molar-refractivity contribution in [2.75, 3.05) is 0 Å². The number of benzene rings is 2. The summed E-state index contributed by atoms with van der Waals surface area (Å²) in [4.78, 5) is 36.2. The molecule has 2 aromatic carbocycles. The summed E-state index contributed by atoms with van der Waals surface area (Å²) in [6.45, 7) is 2.85. The minimum Gasteiger partial charge on any atom is -0.368 e. The smallest absolute Gasteiger partial charge is 0.368 e. The number of nitrogens with one attached hydrogen (secondary N) is 2. The van der Waals surface area contributed by atoms with Gasteiger partial charge < -0.3 is 16.4 Å². The lowest BCUT2D eigenvalue weighted by molar-refractivity contribution is -0.143. The van der Waals surface area contributed by atoms with Crippen LogP contribution in [0.1, 0.15) is 45.8 Å². The molecule has 0 saturated carbocycles. The maximum Gasteiger partial charge on any atom is 0.434 e. The molecule has 0 fully saturated rings. The SMILES string of the molecule is CC(C)(NC(=O)c1ccc(CNC(=O)c2cnn(-c3ccccc3)c2C(F)(F)F)cc1)C(N)=O. The molecule has 3 aromatic rings. The number of para-hydroxylation sites is 1. The van der Waals surface area contributed by atoms with Gasteiger partial charge in [-0.15, -0.1) is 0 Å². The fourth-order valence-electron chi connectivity index (χ4n) is 3.02. The molecule has 178 valence electrons. The van der Waals surface area contributed by atoms with Gasteiger partial charge >= 0.3 is 6.18 Å². The highest BCUT2D eigenvalue weighted by molar-refractivity contribution is 5.98. The van der Waals surface area contributed by atoms with Crippen LogP contribution < -0.4 is 16.4 Å². The third kappa shape index (κ3) is 5.42. The second-order valence-electron chi connectivity index (χ2n) is 7.97. The van der Waals surface area contributed by atoms with Crippen molar-refractivity contribution in [3.05, 3.63) is 83.2 Å². The van der Waals surface area contributed by atoms with Gasteiger partial charge in [-0.3, -0.25) is 14.4 Å². The predicted octanol–water partition coefficient (Wildman–Crippen LogP) is 2.81. The standard InChI is InChI=1S/C23H22F3N5O3/c1-22(2,21(27)34)30-19(32)15-10-8-14(9-11-15)12-28-20(33)17-13-29-31(18(17)23(24,25)26)16-6-4-3-5-7-16/h3-11,13H,12H2,1-2H3,(H2,27,34)(H,28,33)(H,30,32). The minimum absolute atomic E-state index is 0.0820. The molecule has 8 nitrogen and oxygen atoms in total. The van der Waals surface area contributed by atoms with Crippen molar-refractivity contribution in [1.29, 1.82) is 0 Å². The number of primary amides is 1. The number of hydrogen-bond acceptors (Lipinski definition) is 4. The van der Waals surface area contributed by atoms with Crippen molar-refractivity contribution in [3.8, 4) is 5.69 Å². The number of alkyl halides is 3. The Balaban J connectivity index is 1.72. The molecule has 0 atom stereocenters. The summed E-state index contributed by atoms with van der Waals surface area (Å²) in [5.74, 6) is -2.17. The van der Waals surface area contributed by atoms with Crippen molar-refractivity contribution in [2.24, 2.45) is 5.73 Å². The number of nitrogens with two attached hydrogens (primary N) is 1. The second-order valence-corrected chi connectivity index (χ2v) is 7.97. The second kappa shape index (κ2) is 9.38. The molecule has 1 heterocycles. The predicted molar refractivity (Wildman–Crippen MR) is 117 cm³/mol. The summed E-state index contributed by atoms with van der Waals surface area (Å²) in [5.41, 5.74) is 3.16. The molecule has 4 N–H and O–H groups in total. The van der Waals surface area contributed by atoms with Crippen LogP contribution in [0.15, 0.2) is 60.8 Å². The van der Waals surface area contributed by atoms with E-state index in [-0.39, 0.29) is 17.8 Å². The van der Waals surface area contributed by atoms with Gasteiger partial charge in [0.25, 0.3) is 11.8 Å². The Morgan fingerprint density at radius 2 is 1.59 bits per heavy atom. The van der Waals surface area contributed by atoms with E-state index in [1.54, 1.807) is 18.2 Å². The van der Waals surface area contributed by atoms with E-state index in [9.17, 15) is 27.6 Å². The van der Waals surface area contributed by atoms with Gasteiger partial charge in [0.1, 0.15) is 5.54 Å². The van der Waals surface area contributed by atoms with Gasteiger partial charge in [-0.2, -0.15) is 18.3 Å². The number of hydrogen-bond donors (Lipinski definition) is 3. The Morgan fingerprint density at radius 1 is 0.971 bits per heavy atom. The van der Waals surface area contributed by atoms with E-state index in [0.717, 1.165) is 6.20 Å². The normalized spacial score (nSPS) is 11.7. The van der Waals surface area contributed by atoms with Crippen LogP contribution in [0.25, 0.3) is 5.69 Å². The van der Waals surface area contributed by atoms with E-state index in [0.29, 0.717) is 10.2 Å². The molecule has 0 saturated heterocycles. The largest absolute Gasteiger partial charge is 0.434 e. The van der Waals surface area contributed by atoms with Crippen LogP contribution in [-0.4, -0.2) is 33.0 Å². The molecule has 3 amide bonds. The summed E-state index contributed by atoms with van der Waals surface area (Å²) in [6.07, 6.45) is -3.94. The van der Waals surface area contributed by atoms with Gasteiger partial charge in [0.05, 0.1) is 17.4 Å². The van der Waals surface area contributed by atoms with Crippen LogP contribution in [0.3, 0.4) is 0 Å². The van der Waals surface area contributed by atoms with E-state index < -0.39 is 40.7 Å². The van der Waals surface area contributed by atoms with Gasteiger partial charge in [-0.05, 0) is 43.7 Å². The highest BCUT2D eigenvalue weighted by Gasteiger charge is 2.40. The number of carbonyl (C=O) groups is 3.